The van der Waals surface area contributed by atoms with E-state index in [0.717, 1.165) is 30.8 Å². The Labute approximate surface area is 158 Å². The topological polar surface area (TPSA) is 81.8 Å². The molecule has 0 bridgehead atoms. The van der Waals surface area contributed by atoms with E-state index >= 15 is 0 Å². The fourth-order valence-corrected chi connectivity index (χ4v) is 5.36. The smallest absolute Gasteiger partial charge is 0.275 e. The fourth-order valence-electron chi connectivity index (χ4n) is 5.36. The molecule has 8 heteroatoms. The van der Waals surface area contributed by atoms with Crippen molar-refractivity contribution in [3.63, 3.8) is 0 Å². The van der Waals surface area contributed by atoms with E-state index in [9.17, 15) is 9.59 Å². The van der Waals surface area contributed by atoms with Crippen LogP contribution in [0.3, 0.4) is 0 Å². The van der Waals surface area contributed by atoms with Gasteiger partial charge in [-0.2, -0.15) is 5.10 Å². The molecule has 0 radical (unpaired) electrons. The summed E-state index contributed by atoms with van der Waals surface area (Å²) < 4.78 is 6.24. The van der Waals surface area contributed by atoms with E-state index in [2.05, 4.69) is 36.0 Å². The number of nitrogens with one attached hydrogen (secondary N) is 1. The molecule has 3 atom stereocenters. The first-order valence-corrected chi connectivity index (χ1v) is 9.94. The minimum absolute atomic E-state index is 0.0732. The second-order valence-electron chi connectivity index (χ2n) is 8.72. The van der Waals surface area contributed by atoms with Crippen molar-refractivity contribution in [3.8, 4) is 0 Å². The number of hydrogen-bond donors (Lipinski definition) is 1. The first-order chi connectivity index (χ1) is 12.9. The summed E-state index contributed by atoms with van der Waals surface area (Å²) >= 11 is 0. The van der Waals surface area contributed by atoms with Crippen molar-refractivity contribution in [2.75, 3.05) is 26.7 Å². The van der Waals surface area contributed by atoms with Crippen LogP contribution in [0.25, 0.3) is 0 Å². The molecule has 146 valence electrons. The van der Waals surface area contributed by atoms with Crippen molar-refractivity contribution in [2.24, 2.45) is 5.92 Å². The molecule has 8 nitrogen and oxygen atoms in total. The Hall–Kier alpha value is -1.93. The predicted molar refractivity (Wildman–Crippen MR) is 96.8 cm³/mol. The van der Waals surface area contributed by atoms with Crippen LogP contribution in [-0.4, -0.2) is 81.3 Å². The highest BCUT2D eigenvalue weighted by Gasteiger charge is 2.65. The molecule has 0 saturated carbocycles. The molecule has 3 fully saturated rings. The van der Waals surface area contributed by atoms with Gasteiger partial charge in [0.05, 0.1) is 25.1 Å². The van der Waals surface area contributed by atoms with Crippen molar-refractivity contribution in [3.05, 3.63) is 17.0 Å². The zero-order chi connectivity index (χ0) is 18.9. The lowest BCUT2D eigenvalue weighted by Gasteiger charge is -2.34. The van der Waals surface area contributed by atoms with Crippen molar-refractivity contribution in [1.29, 1.82) is 0 Å². The number of amides is 2. The number of ether oxygens (including phenoxy) is 1. The molecule has 3 saturated heterocycles. The summed E-state index contributed by atoms with van der Waals surface area (Å²) in [5.74, 6) is 0.374. The SMILES string of the molecule is CC(C)[C@@H]1CO[C@@]23CCN(C(=O)c4n[nH]c5c4CN(C)CC5)[C@@H]2CC(=O)N13. The fraction of sp³-hybridized carbons (Fsp3) is 0.737. The highest BCUT2D eigenvalue weighted by atomic mass is 16.5. The first-order valence-electron chi connectivity index (χ1n) is 9.94. The number of rotatable bonds is 2. The number of carbonyl (C=O) groups is 2. The third-order valence-electron chi connectivity index (χ3n) is 6.85. The van der Waals surface area contributed by atoms with Crippen molar-refractivity contribution >= 4 is 11.8 Å². The van der Waals surface area contributed by atoms with E-state index in [4.69, 9.17) is 4.74 Å². The van der Waals surface area contributed by atoms with E-state index < -0.39 is 5.72 Å². The van der Waals surface area contributed by atoms with Crippen molar-refractivity contribution < 1.29 is 14.3 Å². The van der Waals surface area contributed by atoms with Gasteiger partial charge < -0.3 is 19.4 Å². The van der Waals surface area contributed by atoms with Crippen molar-refractivity contribution in [1.82, 2.24) is 24.9 Å². The van der Waals surface area contributed by atoms with Crippen LogP contribution in [0.5, 0.6) is 0 Å². The second-order valence-corrected chi connectivity index (χ2v) is 8.72. The average molecular weight is 373 g/mol. The van der Waals surface area contributed by atoms with Crippen LogP contribution < -0.4 is 0 Å². The molecular weight excluding hydrogens is 346 g/mol. The van der Waals surface area contributed by atoms with Gasteiger partial charge in [-0.1, -0.05) is 13.8 Å². The maximum absolute atomic E-state index is 13.4. The van der Waals surface area contributed by atoms with Gasteiger partial charge in [0, 0.05) is 43.7 Å². The van der Waals surface area contributed by atoms with E-state index in [1.165, 1.54) is 0 Å². The molecular formula is C19H27N5O3. The number of fused-ring (bicyclic) bond motifs is 1. The summed E-state index contributed by atoms with van der Waals surface area (Å²) in [4.78, 5) is 32.2. The summed E-state index contributed by atoms with van der Waals surface area (Å²) in [5.41, 5.74) is 1.95. The average Bonchev–Trinajstić information content (AvgIpc) is 3.34. The van der Waals surface area contributed by atoms with Crippen LogP contribution in [0.15, 0.2) is 0 Å². The number of likely N-dealkylation sites (tertiary alicyclic amines) is 1. The van der Waals surface area contributed by atoms with Crippen LogP contribution in [0, 0.1) is 5.92 Å². The Morgan fingerprint density at radius 2 is 2.19 bits per heavy atom. The van der Waals surface area contributed by atoms with Crippen LogP contribution >= 0.6 is 0 Å². The largest absolute Gasteiger partial charge is 0.351 e. The summed E-state index contributed by atoms with van der Waals surface area (Å²) in [6.07, 6.45) is 1.91. The zero-order valence-corrected chi connectivity index (χ0v) is 16.2. The molecule has 1 N–H and O–H groups in total. The molecule has 5 heterocycles. The van der Waals surface area contributed by atoms with Gasteiger partial charge in [0.1, 0.15) is 0 Å². The Morgan fingerprint density at radius 3 is 2.96 bits per heavy atom. The second kappa shape index (κ2) is 5.78. The Morgan fingerprint density at radius 1 is 1.37 bits per heavy atom. The quantitative estimate of drug-likeness (QED) is 0.821. The predicted octanol–water partition coefficient (Wildman–Crippen LogP) is 0.596. The number of hydrogen-bond acceptors (Lipinski definition) is 5. The van der Waals surface area contributed by atoms with Gasteiger partial charge in [0.15, 0.2) is 11.4 Å². The Balaban J connectivity index is 1.45. The van der Waals surface area contributed by atoms with Gasteiger partial charge in [-0.05, 0) is 13.0 Å². The maximum atomic E-state index is 13.4. The number of aromatic amines is 1. The van der Waals surface area contributed by atoms with Crippen molar-refractivity contribution in [2.45, 2.75) is 57.5 Å². The molecule has 2 amide bonds. The standard InChI is InChI=1S/C19H27N5O3/c1-11(2)14-10-27-19-5-7-23(15(19)8-16(25)24(14)19)18(26)17-12-9-22(3)6-4-13(12)20-21-17/h11,14-15H,4-10H2,1-3H3,(H,20,21)/t14-,15+,19-/m0/s1. The highest BCUT2D eigenvalue weighted by Crippen LogP contribution is 2.49. The molecule has 4 aliphatic rings. The normalized spacial score (nSPS) is 33.0. The van der Waals surface area contributed by atoms with E-state index in [1.807, 2.05) is 9.80 Å². The van der Waals surface area contributed by atoms with Gasteiger partial charge in [-0.15, -0.1) is 0 Å². The number of H-pyrrole nitrogens is 1. The lowest BCUT2D eigenvalue weighted by atomic mass is 10.0. The molecule has 1 aromatic heterocycles. The van der Waals surface area contributed by atoms with E-state index in [-0.39, 0.29) is 23.9 Å². The highest BCUT2D eigenvalue weighted by molar-refractivity contribution is 5.95. The Bertz CT molecular complexity index is 805. The van der Waals surface area contributed by atoms with Crippen LogP contribution in [0.1, 0.15) is 48.4 Å². The maximum Gasteiger partial charge on any atom is 0.275 e. The summed E-state index contributed by atoms with van der Waals surface area (Å²) in [6, 6.07) is -0.112. The van der Waals surface area contributed by atoms with Gasteiger partial charge in [0.2, 0.25) is 5.91 Å². The minimum atomic E-state index is -0.630. The number of aromatic nitrogens is 2. The summed E-state index contributed by atoms with van der Waals surface area (Å²) in [7, 11) is 2.06. The Kier molecular flexibility index (Phi) is 3.68. The monoisotopic (exact) mass is 373 g/mol. The van der Waals surface area contributed by atoms with Gasteiger partial charge >= 0.3 is 0 Å². The number of nitrogens with zero attached hydrogens (tertiary/aromatic N) is 4. The molecule has 0 aromatic carbocycles. The van der Waals surface area contributed by atoms with E-state index in [0.29, 0.717) is 37.6 Å². The first kappa shape index (κ1) is 17.2. The van der Waals surface area contributed by atoms with Gasteiger partial charge in [-0.25, -0.2) is 0 Å². The molecule has 0 aliphatic carbocycles. The third kappa shape index (κ3) is 2.26. The molecule has 4 aliphatic heterocycles. The van der Waals surface area contributed by atoms with Crippen LogP contribution in [0.4, 0.5) is 0 Å². The van der Waals surface area contributed by atoms with E-state index in [1.54, 1.807) is 0 Å². The van der Waals surface area contributed by atoms with Crippen LogP contribution in [-0.2, 0) is 22.5 Å². The lowest BCUT2D eigenvalue weighted by Crippen LogP contribution is -2.51. The van der Waals surface area contributed by atoms with Crippen LogP contribution in [0.2, 0.25) is 0 Å². The molecule has 1 spiro atoms. The summed E-state index contributed by atoms with van der Waals surface area (Å²) in [5, 5.41) is 7.41. The number of likely N-dealkylation sites (N-methyl/N-ethyl adjacent to an activating group) is 1. The number of carbonyl (C=O) groups excluding carboxylic acids is 2. The van der Waals surface area contributed by atoms with Gasteiger partial charge in [0.25, 0.3) is 5.91 Å². The molecule has 27 heavy (non-hydrogen) atoms. The summed E-state index contributed by atoms with van der Waals surface area (Å²) in [6.45, 7) is 7.11. The molecule has 5 rings (SSSR count). The third-order valence-corrected chi connectivity index (χ3v) is 6.85. The zero-order valence-electron chi connectivity index (χ0n) is 16.2. The molecule has 1 aromatic rings. The molecule has 0 unspecified atom stereocenters. The van der Waals surface area contributed by atoms with Gasteiger partial charge in [-0.3, -0.25) is 14.7 Å². The minimum Gasteiger partial charge on any atom is -0.351 e. The lowest BCUT2D eigenvalue weighted by molar-refractivity contribution is -0.139.